The monoisotopic (exact) mass is 391 g/mol. The zero-order valence-electron chi connectivity index (χ0n) is 17.9. The predicted octanol–water partition coefficient (Wildman–Crippen LogP) is 5.78. The first-order valence-electron chi connectivity index (χ1n) is 10.0. The van der Waals surface area contributed by atoms with Gasteiger partial charge in [-0.3, -0.25) is 4.98 Å². The Kier molecular flexibility index (Phi) is 6.76. The Bertz CT molecular complexity index is 960. The Balaban J connectivity index is 1.91. The third-order valence-electron chi connectivity index (χ3n) is 5.12. The number of rotatable bonds is 8. The second kappa shape index (κ2) is 9.46. The van der Waals surface area contributed by atoms with Gasteiger partial charge >= 0.3 is 0 Å². The van der Waals surface area contributed by atoms with Gasteiger partial charge in [-0.1, -0.05) is 38.1 Å². The highest BCUT2D eigenvalue weighted by molar-refractivity contribution is 5.69. The fourth-order valence-electron chi connectivity index (χ4n) is 3.52. The molecule has 0 spiro atoms. The molecule has 0 aliphatic rings. The molecule has 1 heterocycles. The van der Waals surface area contributed by atoms with Crippen LogP contribution >= 0.6 is 0 Å². The number of hydrogen-bond donors (Lipinski definition) is 0. The predicted molar refractivity (Wildman–Crippen MR) is 117 cm³/mol. The second-order valence-electron chi connectivity index (χ2n) is 6.98. The van der Waals surface area contributed by atoms with Crippen LogP contribution in [0.5, 0.6) is 17.2 Å². The molecule has 0 fully saturated rings. The van der Waals surface area contributed by atoms with E-state index in [1.165, 1.54) is 16.7 Å². The summed E-state index contributed by atoms with van der Waals surface area (Å²) >= 11 is 0. The third kappa shape index (κ3) is 4.53. The van der Waals surface area contributed by atoms with Crippen molar-refractivity contribution in [1.82, 2.24) is 4.98 Å². The molecule has 3 rings (SSSR count). The first-order valence-corrected chi connectivity index (χ1v) is 10.0. The molecule has 0 unspecified atom stereocenters. The van der Waals surface area contributed by atoms with Crippen LogP contribution < -0.4 is 14.2 Å². The van der Waals surface area contributed by atoms with E-state index < -0.39 is 0 Å². The highest BCUT2D eigenvalue weighted by Crippen LogP contribution is 2.33. The normalized spacial score (nSPS) is 10.7. The van der Waals surface area contributed by atoms with Crippen LogP contribution in [0.15, 0.2) is 48.7 Å². The summed E-state index contributed by atoms with van der Waals surface area (Å²) < 4.78 is 17.1. The summed E-state index contributed by atoms with van der Waals surface area (Å²) in [6, 6.07) is 14.4. The van der Waals surface area contributed by atoms with Gasteiger partial charge in [0.05, 0.1) is 19.9 Å². The van der Waals surface area contributed by atoms with Gasteiger partial charge in [0.15, 0.2) is 11.5 Å². The minimum Gasteiger partial charge on any atom is -0.496 e. The quantitative estimate of drug-likeness (QED) is 0.488. The van der Waals surface area contributed by atoms with Gasteiger partial charge in [-0.2, -0.15) is 0 Å². The Morgan fingerprint density at radius 1 is 0.793 bits per heavy atom. The van der Waals surface area contributed by atoms with Crippen LogP contribution in [-0.4, -0.2) is 19.2 Å². The van der Waals surface area contributed by atoms with Gasteiger partial charge in [0.25, 0.3) is 0 Å². The minimum atomic E-state index is 0.353. The maximum absolute atomic E-state index is 6.00. The first-order chi connectivity index (χ1) is 14.1. The van der Waals surface area contributed by atoms with Gasteiger partial charge in [-0.25, -0.2) is 0 Å². The van der Waals surface area contributed by atoms with Gasteiger partial charge in [-0.05, 0) is 48.6 Å². The van der Waals surface area contributed by atoms with Crippen LogP contribution in [0.25, 0.3) is 11.3 Å². The van der Waals surface area contributed by atoms with Gasteiger partial charge in [0, 0.05) is 23.4 Å². The number of ether oxygens (including phenoxy) is 3. The molecular weight excluding hydrogens is 362 g/mol. The molecule has 2 aromatic carbocycles. The summed E-state index contributed by atoms with van der Waals surface area (Å²) in [5, 5.41) is 0. The molecule has 3 aromatic rings. The number of aromatic nitrogens is 1. The van der Waals surface area contributed by atoms with E-state index >= 15 is 0 Å². The van der Waals surface area contributed by atoms with E-state index in [2.05, 4.69) is 32.0 Å². The fourth-order valence-corrected chi connectivity index (χ4v) is 3.52. The molecular formula is C25H29NO3. The highest BCUT2D eigenvalue weighted by Gasteiger charge is 2.14. The summed E-state index contributed by atoms with van der Waals surface area (Å²) in [5.41, 5.74) is 6.76. The molecule has 0 atom stereocenters. The number of aryl methyl sites for hydroxylation is 3. The lowest BCUT2D eigenvalue weighted by Gasteiger charge is -2.16. The standard InChI is InChI=1S/C25H29NO3/c1-6-18-9-8-10-19(7-2)25(18)21-14-23(27-4)20(15-26-21)16-29-22-12-11-17(3)13-24(22)28-5/h8-15H,6-7,16H2,1-5H3. The van der Waals surface area contributed by atoms with Crippen molar-refractivity contribution in [1.29, 1.82) is 0 Å². The Morgan fingerprint density at radius 3 is 2.10 bits per heavy atom. The van der Waals surface area contributed by atoms with Crippen molar-refractivity contribution in [2.45, 2.75) is 40.2 Å². The van der Waals surface area contributed by atoms with Gasteiger partial charge in [-0.15, -0.1) is 0 Å². The van der Waals surface area contributed by atoms with Crippen molar-refractivity contribution in [3.05, 3.63) is 70.9 Å². The molecule has 0 saturated heterocycles. The summed E-state index contributed by atoms with van der Waals surface area (Å²) in [6.45, 7) is 6.72. The third-order valence-corrected chi connectivity index (χ3v) is 5.12. The maximum Gasteiger partial charge on any atom is 0.161 e. The fraction of sp³-hybridized carbons (Fsp3) is 0.320. The van der Waals surface area contributed by atoms with E-state index in [0.717, 1.165) is 41.2 Å². The van der Waals surface area contributed by atoms with Gasteiger partial charge < -0.3 is 14.2 Å². The summed E-state index contributed by atoms with van der Waals surface area (Å²) in [7, 11) is 3.33. The number of nitrogens with zero attached hydrogens (tertiary/aromatic N) is 1. The Hall–Kier alpha value is -3.01. The number of hydrogen-bond acceptors (Lipinski definition) is 4. The molecule has 0 amide bonds. The lowest BCUT2D eigenvalue weighted by atomic mass is 9.94. The molecule has 4 heteroatoms. The summed E-state index contributed by atoms with van der Waals surface area (Å²) in [5.74, 6) is 2.20. The SMILES string of the molecule is CCc1cccc(CC)c1-c1cc(OC)c(COc2ccc(C)cc2OC)cn1. The van der Waals surface area contributed by atoms with E-state index in [1.807, 2.05) is 37.4 Å². The average Bonchev–Trinajstić information content (AvgIpc) is 2.77. The number of pyridine rings is 1. The van der Waals surface area contributed by atoms with Crippen molar-refractivity contribution in [3.63, 3.8) is 0 Å². The minimum absolute atomic E-state index is 0.353. The highest BCUT2D eigenvalue weighted by atomic mass is 16.5. The van der Waals surface area contributed by atoms with Crippen molar-refractivity contribution in [3.8, 4) is 28.5 Å². The molecule has 0 radical (unpaired) electrons. The molecule has 0 saturated carbocycles. The van der Waals surface area contributed by atoms with E-state index in [1.54, 1.807) is 14.2 Å². The summed E-state index contributed by atoms with van der Waals surface area (Å²) in [4.78, 5) is 4.75. The van der Waals surface area contributed by atoms with Crippen LogP contribution in [0.1, 0.15) is 36.1 Å². The van der Waals surface area contributed by atoms with Gasteiger partial charge in [0.1, 0.15) is 12.4 Å². The first kappa shape index (κ1) is 20.7. The zero-order valence-corrected chi connectivity index (χ0v) is 17.9. The van der Waals surface area contributed by atoms with Crippen LogP contribution in [0.4, 0.5) is 0 Å². The van der Waals surface area contributed by atoms with Crippen molar-refractivity contribution in [2.24, 2.45) is 0 Å². The van der Waals surface area contributed by atoms with E-state index in [-0.39, 0.29) is 0 Å². The second-order valence-corrected chi connectivity index (χ2v) is 6.98. The van der Waals surface area contributed by atoms with E-state index in [4.69, 9.17) is 19.2 Å². The molecule has 1 aromatic heterocycles. The van der Waals surface area contributed by atoms with Crippen LogP contribution in [-0.2, 0) is 19.4 Å². The van der Waals surface area contributed by atoms with Crippen LogP contribution in [0.3, 0.4) is 0 Å². The zero-order chi connectivity index (χ0) is 20.8. The van der Waals surface area contributed by atoms with Crippen molar-refractivity contribution >= 4 is 0 Å². The number of methoxy groups -OCH3 is 2. The van der Waals surface area contributed by atoms with Gasteiger partial charge in [0.2, 0.25) is 0 Å². The topological polar surface area (TPSA) is 40.6 Å². The molecule has 29 heavy (non-hydrogen) atoms. The maximum atomic E-state index is 6.00. The molecule has 152 valence electrons. The van der Waals surface area contributed by atoms with Crippen molar-refractivity contribution < 1.29 is 14.2 Å². The Labute approximate surface area is 173 Å². The molecule has 4 nitrogen and oxygen atoms in total. The van der Waals surface area contributed by atoms with Crippen LogP contribution in [0, 0.1) is 6.92 Å². The molecule has 0 aliphatic carbocycles. The molecule has 0 bridgehead atoms. The van der Waals surface area contributed by atoms with Crippen LogP contribution in [0.2, 0.25) is 0 Å². The van der Waals surface area contributed by atoms with E-state index in [9.17, 15) is 0 Å². The average molecular weight is 392 g/mol. The Morgan fingerprint density at radius 2 is 1.48 bits per heavy atom. The molecule has 0 aliphatic heterocycles. The lowest BCUT2D eigenvalue weighted by molar-refractivity contribution is 0.277. The summed E-state index contributed by atoms with van der Waals surface area (Å²) in [6.07, 6.45) is 3.78. The van der Waals surface area contributed by atoms with E-state index in [0.29, 0.717) is 12.4 Å². The largest absolute Gasteiger partial charge is 0.496 e. The smallest absolute Gasteiger partial charge is 0.161 e. The van der Waals surface area contributed by atoms with Crippen molar-refractivity contribution in [2.75, 3.05) is 14.2 Å². The molecule has 0 N–H and O–H groups in total. The number of benzene rings is 2. The lowest BCUT2D eigenvalue weighted by Crippen LogP contribution is -2.03.